The van der Waals surface area contributed by atoms with Crippen molar-refractivity contribution in [1.29, 1.82) is 0 Å². The lowest BCUT2D eigenvalue weighted by molar-refractivity contribution is 0.883. The van der Waals surface area contributed by atoms with Crippen LogP contribution in [0.25, 0.3) is 22.5 Å². The van der Waals surface area contributed by atoms with Crippen LogP contribution in [0.1, 0.15) is 0 Å². The molecule has 0 amide bonds. The van der Waals surface area contributed by atoms with Gasteiger partial charge >= 0.3 is 0 Å². The second-order valence-corrected chi connectivity index (χ2v) is 5.46. The van der Waals surface area contributed by atoms with E-state index in [1.807, 2.05) is 24.5 Å². The number of hydrogen-bond donors (Lipinski definition) is 0. The molecule has 7 nitrogen and oxygen atoms in total. The van der Waals surface area contributed by atoms with Crippen molar-refractivity contribution in [2.75, 3.05) is 0 Å². The van der Waals surface area contributed by atoms with Crippen molar-refractivity contribution >= 4 is 28.2 Å². The lowest BCUT2D eigenvalue weighted by Crippen LogP contribution is -1.97. The molecule has 0 unspecified atom stereocenters. The first kappa shape index (κ1) is 12.4. The van der Waals surface area contributed by atoms with Gasteiger partial charge in [-0.05, 0) is 34.7 Å². The predicted octanol–water partition coefficient (Wildman–Crippen LogP) is 1.98. The van der Waals surface area contributed by atoms with Crippen molar-refractivity contribution in [2.24, 2.45) is 0 Å². The van der Waals surface area contributed by atoms with Crippen molar-refractivity contribution in [1.82, 2.24) is 34.6 Å². The second kappa shape index (κ2) is 4.88. The van der Waals surface area contributed by atoms with Crippen LogP contribution in [0.4, 0.5) is 0 Å². The van der Waals surface area contributed by atoms with Crippen LogP contribution in [0.15, 0.2) is 49.3 Å². The van der Waals surface area contributed by atoms with Gasteiger partial charge in [-0.1, -0.05) is 0 Å². The fraction of sp³-hybridized carbons (Fsp3) is 0. The molecular weight excluding hydrogens is 381 g/mol. The predicted molar refractivity (Wildman–Crippen MR) is 83.9 cm³/mol. The summed E-state index contributed by atoms with van der Waals surface area (Å²) in [7, 11) is 0. The molecule has 0 aliphatic heterocycles. The molecule has 0 N–H and O–H groups in total. The van der Waals surface area contributed by atoms with Crippen LogP contribution in [0.3, 0.4) is 0 Å². The monoisotopic (exact) mass is 389 g/mol. The zero-order valence-electron chi connectivity index (χ0n) is 10.6. The van der Waals surface area contributed by atoms with Gasteiger partial charge in [0.2, 0.25) is 0 Å². The van der Waals surface area contributed by atoms with Gasteiger partial charge in [0.15, 0.2) is 5.65 Å². The van der Waals surface area contributed by atoms with Gasteiger partial charge in [0, 0.05) is 23.5 Å². The summed E-state index contributed by atoms with van der Waals surface area (Å²) < 4.78 is 4.40. The van der Waals surface area contributed by atoms with Crippen LogP contribution >= 0.6 is 22.6 Å². The summed E-state index contributed by atoms with van der Waals surface area (Å²) in [5, 5.41) is 16.3. The van der Waals surface area contributed by atoms with Gasteiger partial charge in [-0.2, -0.15) is 20.4 Å². The molecule has 4 aromatic rings. The number of halogens is 1. The molecule has 0 aliphatic carbocycles. The van der Waals surface area contributed by atoms with E-state index < -0.39 is 0 Å². The first-order valence-corrected chi connectivity index (χ1v) is 7.21. The Bertz CT molecular complexity index is 913. The van der Waals surface area contributed by atoms with Crippen LogP contribution < -0.4 is 0 Å². The standard InChI is InChI=1S/C13H8IN7/c14-12-2-4-20-13(19-12)11(7-18-20)21-8-10(6-17-21)9-1-3-15-16-5-9/h1-8H. The topological polar surface area (TPSA) is 73.8 Å². The average Bonchev–Trinajstić information content (AvgIpc) is 3.14. The van der Waals surface area contributed by atoms with Crippen molar-refractivity contribution in [3.8, 4) is 16.8 Å². The molecule has 4 aromatic heterocycles. The maximum absolute atomic E-state index is 4.50. The molecule has 0 aliphatic rings. The summed E-state index contributed by atoms with van der Waals surface area (Å²) in [6, 6.07) is 3.80. The lowest BCUT2D eigenvalue weighted by Gasteiger charge is -1.98. The van der Waals surface area contributed by atoms with Crippen molar-refractivity contribution in [3.05, 3.63) is 53.0 Å². The smallest absolute Gasteiger partial charge is 0.182 e. The van der Waals surface area contributed by atoms with Crippen molar-refractivity contribution in [3.63, 3.8) is 0 Å². The van der Waals surface area contributed by atoms with Crippen LogP contribution in [0.2, 0.25) is 0 Å². The van der Waals surface area contributed by atoms with Gasteiger partial charge in [0.05, 0.1) is 24.8 Å². The van der Waals surface area contributed by atoms with Crippen LogP contribution in [0, 0.1) is 3.70 Å². The molecule has 21 heavy (non-hydrogen) atoms. The maximum atomic E-state index is 4.50. The Kier molecular flexibility index (Phi) is 2.88. The Balaban J connectivity index is 1.83. The van der Waals surface area contributed by atoms with Crippen LogP contribution in [-0.2, 0) is 0 Å². The first-order valence-electron chi connectivity index (χ1n) is 6.13. The summed E-state index contributed by atoms with van der Waals surface area (Å²) in [4.78, 5) is 4.50. The molecule has 102 valence electrons. The van der Waals surface area contributed by atoms with Crippen molar-refractivity contribution < 1.29 is 0 Å². The van der Waals surface area contributed by atoms with Gasteiger partial charge in [0.1, 0.15) is 9.39 Å². The normalized spacial score (nSPS) is 11.1. The van der Waals surface area contributed by atoms with E-state index in [1.165, 1.54) is 0 Å². The third-order valence-electron chi connectivity index (χ3n) is 3.06. The minimum absolute atomic E-state index is 0.768. The van der Waals surface area contributed by atoms with E-state index in [0.29, 0.717) is 0 Å². The third-order valence-corrected chi connectivity index (χ3v) is 3.66. The molecule has 0 fully saturated rings. The zero-order valence-corrected chi connectivity index (χ0v) is 12.8. The Labute approximate surface area is 132 Å². The maximum Gasteiger partial charge on any atom is 0.182 e. The second-order valence-electron chi connectivity index (χ2n) is 4.35. The molecule has 0 atom stereocenters. The van der Waals surface area contributed by atoms with Gasteiger partial charge in [-0.25, -0.2) is 14.2 Å². The lowest BCUT2D eigenvalue weighted by atomic mass is 10.2. The third kappa shape index (κ3) is 2.17. The fourth-order valence-electron chi connectivity index (χ4n) is 2.06. The van der Waals surface area contributed by atoms with Gasteiger partial charge in [0.25, 0.3) is 0 Å². The number of aromatic nitrogens is 7. The van der Waals surface area contributed by atoms with Crippen LogP contribution in [0.5, 0.6) is 0 Å². The molecule has 0 saturated heterocycles. The molecule has 4 heterocycles. The van der Waals surface area contributed by atoms with E-state index in [1.54, 1.807) is 34.0 Å². The highest BCUT2D eigenvalue weighted by atomic mass is 127. The molecule has 0 aromatic carbocycles. The van der Waals surface area contributed by atoms with Gasteiger partial charge in [-0.15, -0.1) is 0 Å². The van der Waals surface area contributed by atoms with E-state index in [4.69, 9.17) is 0 Å². The molecule has 0 bridgehead atoms. The van der Waals surface area contributed by atoms with E-state index in [0.717, 1.165) is 26.2 Å². The summed E-state index contributed by atoms with van der Waals surface area (Å²) in [5.41, 5.74) is 3.54. The highest BCUT2D eigenvalue weighted by Crippen LogP contribution is 2.20. The zero-order chi connectivity index (χ0) is 14.2. The largest absolute Gasteiger partial charge is 0.235 e. The quantitative estimate of drug-likeness (QED) is 0.387. The van der Waals surface area contributed by atoms with Crippen molar-refractivity contribution in [2.45, 2.75) is 0 Å². The highest BCUT2D eigenvalue weighted by molar-refractivity contribution is 14.1. The van der Waals surface area contributed by atoms with E-state index >= 15 is 0 Å². The Morgan fingerprint density at radius 1 is 0.952 bits per heavy atom. The summed E-state index contributed by atoms with van der Waals surface area (Å²) in [6.45, 7) is 0. The molecular formula is C13H8IN7. The number of rotatable bonds is 2. The Hall–Kier alpha value is -2.36. The van der Waals surface area contributed by atoms with E-state index in [9.17, 15) is 0 Å². The van der Waals surface area contributed by atoms with Gasteiger partial charge < -0.3 is 0 Å². The number of hydrogen-bond acceptors (Lipinski definition) is 5. The minimum atomic E-state index is 0.768. The van der Waals surface area contributed by atoms with Gasteiger partial charge in [-0.3, -0.25) is 0 Å². The highest BCUT2D eigenvalue weighted by Gasteiger charge is 2.10. The summed E-state index contributed by atoms with van der Waals surface area (Å²) in [6.07, 6.45) is 10.7. The number of nitrogens with zero attached hydrogens (tertiary/aromatic N) is 7. The molecule has 4 rings (SSSR count). The SMILES string of the molecule is Ic1ccn2ncc(-n3cc(-c4ccnnc4)cn3)c2n1. The molecule has 0 spiro atoms. The van der Waals surface area contributed by atoms with Crippen LogP contribution in [-0.4, -0.2) is 34.6 Å². The molecule has 8 heteroatoms. The molecule has 0 saturated carbocycles. The first-order chi connectivity index (χ1) is 10.3. The number of fused-ring (bicyclic) bond motifs is 1. The Morgan fingerprint density at radius 2 is 1.90 bits per heavy atom. The average molecular weight is 389 g/mol. The summed E-state index contributed by atoms with van der Waals surface area (Å²) >= 11 is 2.18. The fourth-order valence-corrected chi connectivity index (χ4v) is 2.45. The van der Waals surface area contributed by atoms with E-state index in [2.05, 4.69) is 48.0 Å². The molecule has 0 radical (unpaired) electrons. The Morgan fingerprint density at radius 3 is 2.76 bits per heavy atom. The summed E-state index contributed by atoms with van der Waals surface area (Å²) in [5.74, 6) is 0. The van der Waals surface area contributed by atoms with E-state index in [-0.39, 0.29) is 0 Å². The minimum Gasteiger partial charge on any atom is -0.235 e.